The summed E-state index contributed by atoms with van der Waals surface area (Å²) in [6, 6.07) is 28.0. The molecule has 4 aliphatic heterocycles. The van der Waals surface area contributed by atoms with Gasteiger partial charge in [-0.15, -0.1) is 0 Å². The molecule has 2 saturated heterocycles. The maximum atomic E-state index is 3.08. The average molecular weight is 609 g/mol. The lowest BCUT2D eigenvalue weighted by Gasteiger charge is -2.66. The first-order valence-electron chi connectivity index (χ1n) is 18.9. The van der Waals surface area contributed by atoms with Crippen molar-refractivity contribution in [3.63, 3.8) is 0 Å². The van der Waals surface area contributed by atoms with Crippen LogP contribution in [0, 0.1) is 11.8 Å². The van der Waals surface area contributed by atoms with E-state index in [9.17, 15) is 0 Å². The van der Waals surface area contributed by atoms with E-state index < -0.39 is 0 Å². The minimum atomic E-state index is 0.527. The highest BCUT2D eigenvalue weighted by molar-refractivity contribution is 5.57. The normalized spacial score (nSPS) is 39.9. The molecule has 4 heterocycles. The molecule has 2 aromatic rings. The summed E-state index contributed by atoms with van der Waals surface area (Å²) >= 11 is 0. The van der Waals surface area contributed by atoms with Gasteiger partial charge >= 0.3 is 0 Å². The van der Waals surface area contributed by atoms with Gasteiger partial charge in [0.25, 0.3) is 0 Å². The number of benzene rings is 2. The molecule has 0 N–H and O–H groups in total. The van der Waals surface area contributed by atoms with Gasteiger partial charge in [0.2, 0.25) is 0 Å². The zero-order valence-electron chi connectivity index (χ0n) is 27.1. The molecule has 0 amide bonds. The predicted octanol–water partition coefficient (Wildman–Crippen LogP) is 8.21. The van der Waals surface area contributed by atoms with Crippen LogP contribution in [0.4, 0.5) is 11.4 Å². The molecular weight excluding hydrogens is 560 g/mol. The van der Waals surface area contributed by atoms with E-state index in [1.54, 1.807) is 11.4 Å². The van der Waals surface area contributed by atoms with Crippen molar-refractivity contribution in [3.8, 4) is 0 Å². The van der Waals surface area contributed by atoms with Crippen molar-refractivity contribution in [2.45, 2.75) is 125 Å². The summed E-state index contributed by atoms with van der Waals surface area (Å²) in [6.45, 7) is 0. The topological polar surface area (TPSA) is 13.0 Å². The molecule has 10 atom stereocenters. The Balaban J connectivity index is 1.09. The van der Waals surface area contributed by atoms with Gasteiger partial charge in [0.05, 0.1) is 48.3 Å². The molecule has 0 bridgehead atoms. The van der Waals surface area contributed by atoms with Gasteiger partial charge in [-0.1, -0.05) is 61.4 Å². The minimum Gasteiger partial charge on any atom is -0.361 e. The number of hydrogen-bond acceptors (Lipinski definition) is 4. The van der Waals surface area contributed by atoms with Crippen molar-refractivity contribution in [1.82, 2.24) is 9.80 Å². The Morgan fingerprint density at radius 2 is 0.891 bits per heavy atom. The second-order valence-electron chi connectivity index (χ2n) is 15.9. The van der Waals surface area contributed by atoms with Crippen LogP contribution in [0.3, 0.4) is 0 Å². The Morgan fingerprint density at radius 3 is 1.35 bits per heavy atom. The fourth-order valence-electron chi connectivity index (χ4n) is 12.9. The zero-order chi connectivity index (χ0) is 29.9. The van der Waals surface area contributed by atoms with Crippen molar-refractivity contribution < 1.29 is 0 Å². The minimum absolute atomic E-state index is 0.527. The lowest BCUT2D eigenvalue weighted by molar-refractivity contribution is -0.0186. The molecule has 2 aromatic carbocycles. The number of para-hydroxylation sites is 2. The lowest BCUT2D eigenvalue weighted by Crippen LogP contribution is -2.77. The molecule has 5 aliphatic carbocycles. The third kappa shape index (κ3) is 3.51. The molecule has 11 rings (SSSR count). The third-order valence-corrected chi connectivity index (χ3v) is 14.2. The Bertz CT molecular complexity index is 1530. The summed E-state index contributed by atoms with van der Waals surface area (Å²) in [4.78, 5) is 12.2. The Hall–Kier alpha value is -3.40. The SMILES string of the molecule is C1=CC2=C(CC1)C1CCCC3C1N2C1CC2C(CC1N3c1ccccc1)N1C3=C(CCC=C3)C3CCCC(C31)N2c1ccccc1. The van der Waals surface area contributed by atoms with Gasteiger partial charge in [-0.2, -0.15) is 0 Å². The molecule has 236 valence electrons. The predicted molar refractivity (Wildman–Crippen MR) is 187 cm³/mol. The number of fused-ring (bicyclic) bond motifs is 8. The largest absolute Gasteiger partial charge is 0.361 e. The Kier molecular flexibility index (Phi) is 5.82. The molecule has 10 unspecified atom stereocenters. The van der Waals surface area contributed by atoms with Crippen LogP contribution < -0.4 is 9.80 Å². The highest BCUT2D eigenvalue weighted by atomic mass is 15.4. The fraction of sp³-hybridized carbons (Fsp3) is 0.524. The van der Waals surface area contributed by atoms with E-state index in [1.165, 1.54) is 88.4 Å². The quantitative estimate of drug-likeness (QED) is 0.341. The first-order chi connectivity index (χ1) is 22.9. The number of hydrogen-bond donors (Lipinski definition) is 0. The Labute approximate surface area is 275 Å². The van der Waals surface area contributed by atoms with E-state index in [-0.39, 0.29) is 0 Å². The van der Waals surface area contributed by atoms with Gasteiger partial charge in [-0.05, 0) is 112 Å². The van der Waals surface area contributed by atoms with Crippen LogP contribution in [-0.4, -0.2) is 58.1 Å². The van der Waals surface area contributed by atoms with Crippen LogP contribution in [-0.2, 0) is 0 Å². The van der Waals surface area contributed by atoms with Crippen LogP contribution in [0.15, 0.2) is 108 Å². The van der Waals surface area contributed by atoms with Crippen LogP contribution in [0.1, 0.15) is 77.0 Å². The van der Waals surface area contributed by atoms with Crippen molar-refractivity contribution in [2.24, 2.45) is 11.8 Å². The van der Waals surface area contributed by atoms with E-state index in [1.807, 2.05) is 11.1 Å². The second kappa shape index (κ2) is 10.1. The molecule has 4 nitrogen and oxygen atoms in total. The number of piperazine rings is 2. The number of allylic oxidation sites excluding steroid dienone is 4. The zero-order valence-corrected chi connectivity index (χ0v) is 27.1. The van der Waals surface area contributed by atoms with E-state index in [4.69, 9.17) is 0 Å². The van der Waals surface area contributed by atoms with Crippen molar-refractivity contribution in [3.05, 3.63) is 108 Å². The van der Waals surface area contributed by atoms with Crippen molar-refractivity contribution in [1.29, 1.82) is 0 Å². The summed E-state index contributed by atoms with van der Waals surface area (Å²) in [5.74, 6) is 1.48. The number of rotatable bonds is 2. The summed E-state index contributed by atoms with van der Waals surface area (Å²) in [5.41, 5.74) is 9.87. The van der Waals surface area contributed by atoms with Gasteiger partial charge < -0.3 is 19.6 Å². The maximum absolute atomic E-state index is 3.08. The van der Waals surface area contributed by atoms with Gasteiger partial charge in [0.1, 0.15) is 0 Å². The van der Waals surface area contributed by atoms with Gasteiger partial charge in [0, 0.05) is 34.6 Å². The first-order valence-corrected chi connectivity index (χ1v) is 18.9. The van der Waals surface area contributed by atoms with E-state index >= 15 is 0 Å². The summed E-state index contributed by atoms with van der Waals surface area (Å²) in [5, 5.41) is 0. The summed E-state index contributed by atoms with van der Waals surface area (Å²) < 4.78 is 0. The van der Waals surface area contributed by atoms with E-state index in [0.717, 1.165) is 11.8 Å². The number of nitrogens with zero attached hydrogens (tertiary/aromatic N) is 4. The van der Waals surface area contributed by atoms with Crippen molar-refractivity contribution >= 4 is 11.4 Å². The molecule has 9 aliphatic rings. The molecule has 0 spiro atoms. The van der Waals surface area contributed by atoms with Gasteiger partial charge in [-0.25, -0.2) is 0 Å². The smallest absolute Gasteiger partial charge is 0.0563 e. The molecular formula is C42H48N4. The van der Waals surface area contributed by atoms with Crippen molar-refractivity contribution in [2.75, 3.05) is 9.80 Å². The van der Waals surface area contributed by atoms with Gasteiger partial charge in [-0.3, -0.25) is 0 Å². The van der Waals surface area contributed by atoms with E-state index in [2.05, 4.69) is 105 Å². The average Bonchev–Trinajstić information content (AvgIpc) is 3.64. The standard InChI is InChI=1S/C42H48N4/c1-3-13-27(14-4-1)43-35-23-11-19-31-29-17-7-9-21-33(29)45(41(31)35)39-26-38-40(25-37(39)43)46-34-22-10-8-18-30(34)32-20-12-24-36(42(32)46)44(38)28-15-5-2-6-16-28/h1-6,9-10,13-16,21-22,31-32,35-42H,7-8,11-12,17-20,23-26H2. The number of anilines is 2. The fourth-order valence-corrected chi connectivity index (χ4v) is 12.9. The molecule has 4 heteroatoms. The monoisotopic (exact) mass is 608 g/mol. The third-order valence-electron chi connectivity index (χ3n) is 14.2. The van der Waals surface area contributed by atoms with Crippen LogP contribution in [0.2, 0.25) is 0 Å². The highest BCUT2D eigenvalue weighted by Crippen LogP contribution is 2.58. The molecule has 3 saturated carbocycles. The van der Waals surface area contributed by atoms with Gasteiger partial charge in [0.15, 0.2) is 0 Å². The Morgan fingerprint density at radius 1 is 0.457 bits per heavy atom. The maximum Gasteiger partial charge on any atom is 0.0563 e. The van der Waals surface area contributed by atoms with Crippen LogP contribution >= 0.6 is 0 Å². The molecule has 0 radical (unpaired) electrons. The lowest BCUT2D eigenvalue weighted by atomic mass is 9.68. The second-order valence-corrected chi connectivity index (χ2v) is 15.9. The summed E-state index contributed by atoms with van der Waals surface area (Å²) in [7, 11) is 0. The first kappa shape index (κ1) is 26.6. The molecule has 46 heavy (non-hydrogen) atoms. The highest BCUT2D eigenvalue weighted by Gasteiger charge is 2.63. The van der Waals surface area contributed by atoms with Crippen LogP contribution in [0.25, 0.3) is 0 Å². The summed E-state index contributed by atoms with van der Waals surface area (Å²) in [6.07, 6.45) is 25.8. The molecule has 0 aromatic heterocycles. The van der Waals surface area contributed by atoms with E-state index in [0.29, 0.717) is 48.3 Å². The molecule has 5 fully saturated rings. The van der Waals surface area contributed by atoms with Crippen LogP contribution in [0.5, 0.6) is 0 Å².